The molecular formula is C12H14ClNO3S. The quantitative estimate of drug-likeness (QED) is 0.617. The topological polar surface area (TPSA) is 46.6 Å². The number of esters is 1. The Kier molecular flexibility index (Phi) is 5.88. The molecule has 0 aliphatic rings. The largest absolute Gasteiger partial charge is 0.465 e. The van der Waals surface area contributed by atoms with Crippen LogP contribution in [-0.4, -0.2) is 37.0 Å². The van der Waals surface area contributed by atoms with Gasteiger partial charge in [0, 0.05) is 18.0 Å². The van der Waals surface area contributed by atoms with E-state index in [2.05, 4.69) is 0 Å². The summed E-state index contributed by atoms with van der Waals surface area (Å²) in [5.41, 5.74) is 0. The monoisotopic (exact) mass is 287 g/mol. The maximum Gasteiger partial charge on any atom is 0.325 e. The molecule has 18 heavy (non-hydrogen) atoms. The van der Waals surface area contributed by atoms with E-state index >= 15 is 0 Å². The van der Waals surface area contributed by atoms with Crippen LogP contribution in [0.1, 0.15) is 11.8 Å². The zero-order valence-corrected chi connectivity index (χ0v) is 11.8. The number of hydrogen-bond donors (Lipinski definition) is 0. The van der Waals surface area contributed by atoms with Crippen molar-refractivity contribution in [3.63, 3.8) is 0 Å². The predicted octanol–water partition coefficient (Wildman–Crippen LogP) is 2.44. The number of halogens is 1. The first-order chi connectivity index (χ1) is 8.52. The third kappa shape index (κ3) is 4.89. The molecule has 0 saturated heterocycles. The van der Waals surface area contributed by atoms with Crippen molar-refractivity contribution in [1.82, 2.24) is 4.90 Å². The van der Waals surface area contributed by atoms with E-state index in [1.165, 1.54) is 22.3 Å². The molecule has 0 saturated carbocycles. The lowest BCUT2D eigenvalue weighted by Crippen LogP contribution is -2.31. The number of carbonyl (C=O) groups is 2. The summed E-state index contributed by atoms with van der Waals surface area (Å²) in [5, 5.41) is 0. The molecule has 0 spiro atoms. The fourth-order valence-electron chi connectivity index (χ4n) is 1.18. The molecule has 0 unspecified atom stereocenters. The Labute approximate surface area is 115 Å². The Bertz CT molecular complexity index is 456. The van der Waals surface area contributed by atoms with Crippen molar-refractivity contribution in [2.24, 2.45) is 0 Å². The van der Waals surface area contributed by atoms with Crippen LogP contribution in [0.15, 0.2) is 18.2 Å². The van der Waals surface area contributed by atoms with Gasteiger partial charge in [0.1, 0.15) is 6.54 Å². The molecule has 0 radical (unpaired) electrons. The number of thiophene rings is 1. The summed E-state index contributed by atoms with van der Waals surface area (Å²) >= 11 is 7.15. The van der Waals surface area contributed by atoms with Gasteiger partial charge in [-0.15, -0.1) is 11.3 Å². The van der Waals surface area contributed by atoms with Crippen LogP contribution in [0.3, 0.4) is 0 Å². The number of rotatable bonds is 5. The molecule has 0 aromatic carbocycles. The lowest BCUT2D eigenvalue weighted by Gasteiger charge is -2.13. The second-order valence-electron chi connectivity index (χ2n) is 3.47. The molecule has 0 aliphatic carbocycles. The van der Waals surface area contributed by atoms with Crippen LogP contribution in [0.5, 0.6) is 0 Å². The van der Waals surface area contributed by atoms with Crippen molar-refractivity contribution in [1.29, 1.82) is 0 Å². The van der Waals surface area contributed by atoms with Gasteiger partial charge in [-0.05, 0) is 25.1 Å². The van der Waals surface area contributed by atoms with E-state index in [1.807, 2.05) is 6.07 Å². The van der Waals surface area contributed by atoms with Crippen molar-refractivity contribution < 1.29 is 14.3 Å². The zero-order valence-electron chi connectivity index (χ0n) is 10.2. The van der Waals surface area contributed by atoms with E-state index in [-0.39, 0.29) is 12.5 Å². The van der Waals surface area contributed by atoms with E-state index in [0.717, 1.165) is 4.88 Å². The van der Waals surface area contributed by atoms with Crippen LogP contribution < -0.4 is 0 Å². The maximum atomic E-state index is 11.7. The average molecular weight is 288 g/mol. The van der Waals surface area contributed by atoms with Crippen LogP contribution >= 0.6 is 22.9 Å². The highest BCUT2D eigenvalue weighted by molar-refractivity contribution is 7.17. The van der Waals surface area contributed by atoms with E-state index in [9.17, 15) is 9.59 Å². The Morgan fingerprint density at radius 2 is 2.22 bits per heavy atom. The number of nitrogens with zero attached hydrogens (tertiary/aromatic N) is 1. The van der Waals surface area contributed by atoms with Gasteiger partial charge < -0.3 is 9.64 Å². The first kappa shape index (κ1) is 14.7. The van der Waals surface area contributed by atoms with Crippen LogP contribution in [0.2, 0.25) is 4.34 Å². The van der Waals surface area contributed by atoms with E-state index in [1.54, 1.807) is 26.1 Å². The van der Waals surface area contributed by atoms with Crippen molar-refractivity contribution in [2.45, 2.75) is 6.92 Å². The number of amides is 1. The molecule has 6 heteroatoms. The lowest BCUT2D eigenvalue weighted by atomic mass is 10.4. The molecule has 4 nitrogen and oxygen atoms in total. The second kappa shape index (κ2) is 7.18. The minimum atomic E-state index is -0.416. The van der Waals surface area contributed by atoms with Gasteiger partial charge in [0.05, 0.1) is 10.9 Å². The smallest absolute Gasteiger partial charge is 0.325 e. The Morgan fingerprint density at radius 1 is 1.50 bits per heavy atom. The summed E-state index contributed by atoms with van der Waals surface area (Å²) < 4.78 is 5.42. The highest BCUT2D eigenvalue weighted by Crippen LogP contribution is 2.22. The number of ether oxygens (including phenoxy) is 1. The van der Waals surface area contributed by atoms with Crippen LogP contribution in [-0.2, 0) is 14.3 Å². The molecule has 0 fully saturated rings. The van der Waals surface area contributed by atoms with E-state index in [4.69, 9.17) is 16.3 Å². The van der Waals surface area contributed by atoms with Gasteiger partial charge in [0.2, 0.25) is 5.91 Å². The first-order valence-corrected chi connectivity index (χ1v) is 6.56. The standard InChI is InChI=1S/C12H14ClNO3S/c1-3-17-12(16)8-14(2)11(15)7-5-9-4-6-10(13)18-9/h4-7H,3,8H2,1-2H3/b7-5+. The summed E-state index contributed by atoms with van der Waals surface area (Å²) in [6.45, 7) is 1.98. The lowest BCUT2D eigenvalue weighted by molar-refractivity contribution is -0.146. The number of hydrogen-bond acceptors (Lipinski definition) is 4. The summed E-state index contributed by atoms with van der Waals surface area (Å²) in [5.74, 6) is -0.673. The molecular weight excluding hydrogens is 274 g/mol. The van der Waals surface area contributed by atoms with Gasteiger partial charge in [0.15, 0.2) is 0 Å². The molecule has 1 aromatic rings. The van der Waals surface area contributed by atoms with Gasteiger partial charge >= 0.3 is 5.97 Å². The average Bonchev–Trinajstić information content (AvgIpc) is 2.72. The molecule has 0 atom stereocenters. The van der Waals surface area contributed by atoms with Gasteiger partial charge in [-0.25, -0.2) is 0 Å². The van der Waals surface area contributed by atoms with Gasteiger partial charge in [0.25, 0.3) is 0 Å². The maximum absolute atomic E-state index is 11.7. The Morgan fingerprint density at radius 3 is 2.78 bits per heavy atom. The molecule has 0 aliphatic heterocycles. The van der Waals surface area contributed by atoms with E-state index in [0.29, 0.717) is 10.9 Å². The molecule has 98 valence electrons. The van der Waals surface area contributed by atoms with Crippen molar-refractivity contribution in [3.05, 3.63) is 27.4 Å². The second-order valence-corrected chi connectivity index (χ2v) is 5.22. The first-order valence-electron chi connectivity index (χ1n) is 5.37. The molecule has 1 heterocycles. The number of carbonyl (C=O) groups excluding carboxylic acids is 2. The molecule has 1 aromatic heterocycles. The molecule has 1 amide bonds. The zero-order chi connectivity index (χ0) is 13.5. The van der Waals surface area contributed by atoms with Crippen LogP contribution in [0, 0.1) is 0 Å². The Hall–Kier alpha value is -1.33. The fraction of sp³-hybridized carbons (Fsp3) is 0.333. The van der Waals surface area contributed by atoms with Crippen molar-refractivity contribution in [3.8, 4) is 0 Å². The molecule has 0 bridgehead atoms. The normalized spacial score (nSPS) is 10.6. The summed E-state index contributed by atoms with van der Waals surface area (Å²) in [6, 6.07) is 3.58. The third-order valence-corrected chi connectivity index (χ3v) is 3.23. The van der Waals surface area contributed by atoms with Crippen LogP contribution in [0.4, 0.5) is 0 Å². The SMILES string of the molecule is CCOC(=O)CN(C)C(=O)/C=C/c1ccc(Cl)s1. The van der Waals surface area contributed by atoms with Crippen LogP contribution in [0.25, 0.3) is 6.08 Å². The fourth-order valence-corrected chi connectivity index (χ4v) is 2.14. The highest BCUT2D eigenvalue weighted by Gasteiger charge is 2.10. The van der Waals surface area contributed by atoms with Gasteiger partial charge in [-0.2, -0.15) is 0 Å². The third-order valence-electron chi connectivity index (χ3n) is 2.03. The molecule has 1 rings (SSSR count). The molecule has 0 N–H and O–H groups in total. The summed E-state index contributed by atoms with van der Waals surface area (Å²) in [7, 11) is 1.55. The minimum Gasteiger partial charge on any atom is -0.465 e. The number of likely N-dealkylation sites (N-methyl/N-ethyl adjacent to an activating group) is 1. The van der Waals surface area contributed by atoms with Gasteiger partial charge in [-0.3, -0.25) is 9.59 Å². The predicted molar refractivity (Wildman–Crippen MR) is 72.6 cm³/mol. The summed E-state index contributed by atoms with van der Waals surface area (Å²) in [6.07, 6.45) is 3.07. The summed E-state index contributed by atoms with van der Waals surface area (Å²) in [4.78, 5) is 25.0. The Balaban J connectivity index is 2.49. The highest BCUT2D eigenvalue weighted by atomic mass is 35.5. The minimum absolute atomic E-state index is 0.0534. The van der Waals surface area contributed by atoms with Crippen molar-refractivity contribution >= 4 is 40.9 Å². The van der Waals surface area contributed by atoms with E-state index < -0.39 is 5.97 Å². The van der Waals surface area contributed by atoms with Crippen molar-refractivity contribution in [2.75, 3.05) is 20.2 Å². The van der Waals surface area contributed by atoms with Gasteiger partial charge in [-0.1, -0.05) is 11.6 Å².